The molecule has 480 valence electrons. The van der Waals surface area contributed by atoms with Gasteiger partial charge in [0.05, 0.1) is 43.1 Å². The minimum absolute atomic E-state index is 0.00508. The first-order valence-corrected chi connectivity index (χ1v) is 29.4. The normalized spacial score (nSPS) is 26.2. The number of ether oxygens (including phenoxy) is 15. The molecule has 91 heavy (non-hydrogen) atoms. The smallest absolute Gasteiger partial charge is 0.338 e. The molecule has 0 radical (unpaired) electrons. The number of benzene rings is 6. The highest BCUT2D eigenvalue weighted by molar-refractivity contribution is 5.90. The highest BCUT2D eigenvalue weighted by Crippen LogP contribution is 2.39. The van der Waals surface area contributed by atoms with E-state index >= 15 is 0 Å². The lowest BCUT2D eigenvalue weighted by molar-refractivity contribution is -0.385. The molecule has 15 atom stereocenters. The largest absolute Gasteiger partial charge is 0.463 e. The van der Waals surface area contributed by atoms with E-state index in [0.717, 1.165) is 38.8 Å². The van der Waals surface area contributed by atoms with Gasteiger partial charge in [-0.3, -0.25) is 19.2 Å². The quantitative estimate of drug-likeness (QED) is 0.0423. The maximum absolute atomic E-state index is 14.9. The van der Waals surface area contributed by atoms with Crippen LogP contribution in [0.25, 0.3) is 0 Å². The molecule has 6 unspecified atom stereocenters. The minimum Gasteiger partial charge on any atom is -0.463 e. The SMILES string of the molecule is CC(=O)OCC1O[C@H](O[C@@H]2C(OC(=O)c3ccccc3)[C@@H](OC3[C@@H](OCc4ccccc4)[C@H](OCc4ccccc4)C(COCc4ccccc4)O[C@@H]3O)OC(COC(=O)c3ccccc3)[C@H]2OC(=O)c2ccccc2)C(OC(C)=O)[C@H](OC(C)=O)[C@@H]1OC(C)=O. The standard InChI is InChI=1S/C68H70O23/c1-41(69)78-39-52-55(82-42(2)70)58(83-43(3)71)61(84-44(4)72)67(86-52)90-59-56(88-64(74)49-31-19-9-20-32-49)53(40-81-63(73)48-29-17-8-18-30-48)87-68(62(59)89-65(75)50-33-21-10-22-34-50)91-60-57(80-37-47-27-15-7-16-28-47)54(79-36-46-25-13-6-14-26-46)51(85-66(60)76)38-77-35-45-23-11-5-12-24-45/h5-34,51-62,66-68,76H,35-40H2,1-4H3/t51?,52?,53?,54-,55-,56-,57+,58-,59+,60?,61?,62?,66+,67-,68-/m1/s1. The van der Waals surface area contributed by atoms with Crippen molar-refractivity contribution in [2.24, 2.45) is 0 Å². The van der Waals surface area contributed by atoms with Crippen molar-refractivity contribution >= 4 is 41.8 Å². The first kappa shape index (κ1) is 66.7. The van der Waals surface area contributed by atoms with Crippen molar-refractivity contribution in [2.45, 2.75) is 140 Å². The monoisotopic (exact) mass is 1250 g/mol. The van der Waals surface area contributed by atoms with Crippen LogP contribution in [0.15, 0.2) is 182 Å². The molecule has 6 aromatic rings. The van der Waals surface area contributed by atoms with Gasteiger partial charge < -0.3 is 76.2 Å². The van der Waals surface area contributed by atoms with Crippen LogP contribution in [0.5, 0.6) is 0 Å². The van der Waals surface area contributed by atoms with Crippen LogP contribution in [0.4, 0.5) is 0 Å². The van der Waals surface area contributed by atoms with Crippen LogP contribution in [0.2, 0.25) is 0 Å². The van der Waals surface area contributed by atoms with Crippen molar-refractivity contribution in [1.29, 1.82) is 0 Å². The Morgan fingerprint density at radius 3 is 1.18 bits per heavy atom. The van der Waals surface area contributed by atoms with Gasteiger partial charge in [-0.2, -0.15) is 0 Å². The molecule has 0 bridgehead atoms. The van der Waals surface area contributed by atoms with Crippen LogP contribution in [0.1, 0.15) is 75.5 Å². The summed E-state index contributed by atoms with van der Waals surface area (Å²) in [6.45, 7) is 2.62. The van der Waals surface area contributed by atoms with Crippen LogP contribution in [-0.4, -0.2) is 159 Å². The molecule has 3 aliphatic heterocycles. The zero-order valence-electron chi connectivity index (χ0n) is 50.2. The van der Waals surface area contributed by atoms with Crippen molar-refractivity contribution in [3.05, 3.63) is 215 Å². The van der Waals surface area contributed by atoms with Crippen LogP contribution in [0, 0.1) is 0 Å². The first-order chi connectivity index (χ1) is 44.1. The van der Waals surface area contributed by atoms with Gasteiger partial charge in [0.25, 0.3) is 0 Å². The first-order valence-electron chi connectivity index (χ1n) is 29.4. The molecule has 0 spiro atoms. The highest BCUT2D eigenvalue weighted by Gasteiger charge is 2.60. The predicted molar refractivity (Wildman–Crippen MR) is 315 cm³/mol. The lowest BCUT2D eigenvalue weighted by Crippen LogP contribution is -2.69. The van der Waals surface area contributed by atoms with Gasteiger partial charge in [-0.1, -0.05) is 146 Å². The fraction of sp³-hybridized carbons (Fsp3) is 0.368. The third kappa shape index (κ3) is 18.7. The number of esters is 7. The van der Waals surface area contributed by atoms with E-state index in [1.807, 2.05) is 91.0 Å². The Balaban J connectivity index is 1.20. The van der Waals surface area contributed by atoms with Crippen molar-refractivity contribution in [2.75, 3.05) is 19.8 Å². The van der Waals surface area contributed by atoms with E-state index < -0.39 is 147 Å². The van der Waals surface area contributed by atoms with Crippen molar-refractivity contribution in [3.63, 3.8) is 0 Å². The molecule has 0 aromatic heterocycles. The van der Waals surface area contributed by atoms with Crippen LogP contribution >= 0.6 is 0 Å². The van der Waals surface area contributed by atoms with Crippen LogP contribution in [-0.2, 0) is 110 Å². The fourth-order valence-electron chi connectivity index (χ4n) is 10.5. The Bertz CT molecular complexity index is 3310. The lowest BCUT2D eigenvalue weighted by atomic mass is 9.95. The Labute approximate surface area is 524 Å². The van der Waals surface area contributed by atoms with Crippen LogP contribution < -0.4 is 0 Å². The van der Waals surface area contributed by atoms with E-state index in [2.05, 4.69) is 0 Å². The summed E-state index contributed by atoms with van der Waals surface area (Å²) in [6.07, 6.45) is -25.9. The molecule has 3 fully saturated rings. The fourth-order valence-corrected chi connectivity index (χ4v) is 10.5. The summed E-state index contributed by atoms with van der Waals surface area (Å²) in [6, 6.07) is 50.9. The Morgan fingerprint density at radius 2 is 0.703 bits per heavy atom. The molecular formula is C68H70O23. The van der Waals surface area contributed by atoms with Gasteiger partial charge in [-0.05, 0) is 53.1 Å². The summed E-state index contributed by atoms with van der Waals surface area (Å²) in [4.78, 5) is 95.2. The molecular weight excluding hydrogens is 1180 g/mol. The third-order valence-corrected chi connectivity index (χ3v) is 14.6. The molecule has 0 amide bonds. The molecule has 1 N–H and O–H groups in total. The van der Waals surface area contributed by atoms with Crippen molar-refractivity contribution in [1.82, 2.24) is 0 Å². The molecule has 9 rings (SSSR count). The lowest BCUT2D eigenvalue weighted by Gasteiger charge is -2.50. The molecule has 0 saturated carbocycles. The van der Waals surface area contributed by atoms with E-state index in [1.54, 1.807) is 54.6 Å². The summed E-state index contributed by atoms with van der Waals surface area (Å²) < 4.78 is 95.0. The van der Waals surface area contributed by atoms with Gasteiger partial charge in [0.1, 0.15) is 55.9 Å². The van der Waals surface area contributed by atoms with Gasteiger partial charge in [0, 0.05) is 27.7 Å². The summed E-state index contributed by atoms with van der Waals surface area (Å²) in [5.74, 6) is -6.63. The molecule has 23 nitrogen and oxygen atoms in total. The zero-order chi connectivity index (χ0) is 64.2. The van der Waals surface area contributed by atoms with E-state index in [-0.39, 0.29) is 43.1 Å². The topological polar surface area (TPSA) is 278 Å². The number of carbonyl (C=O) groups excluding carboxylic acids is 7. The van der Waals surface area contributed by atoms with E-state index in [1.165, 1.54) is 36.4 Å². The van der Waals surface area contributed by atoms with Crippen molar-refractivity contribution in [3.8, 4) is 0 Å². The number of rotatable bonds is 26. The van der Waals surface area contributed by atoms with Crippen molar-refractivity contribution < 1.29 is 110 Å². The third-order valence-electron chi connectivity index (χ3n) is 14.6. The van der Waals surface area contributed by atoms with E-state index in [4.69, 9.17) is 71.1 Å². The molecule has 3 heterocycles. The maximum Gasteiger partial charge on any atom is 0.338 e. The minimum atomic E-state index is -2.06. The second-order valence-corrected chi connectivity index (χ2v) is 21.3. The summed E-state index contributed by atoms with van der Waals surface area (Å²) in [5.41, 5.74) is 2.38. The number of aliphatic hydroxyl groups excluding tert-OH is 1. The van der Waals surface area contributed by atoms with Gasteiger partial charge in [0.15, 0.2) is 49.4 Å². The number of hydrogen-bond acceptors (Lipinski definition) is 23. The Kier molecular flexibility index (Phi) is 24.0. The average molecular weight is 1260 g/mol. The summed E-state index contributed by atoms with van der Waals surface area (Å²) in [5, 5.41) is 12.6. The summed E-state index contributed by atoms with van der Waals surface area (Å²) in [7, 11) is 0. The zero-order valence-corrected chi connectivity index (χ0v) is 50.2. The van der Waals surface area contributed by atoms with E-state index in [9.17, 15) is 38.7 Å². The number of carbonyl (C=O) groups is 7. The molecule has 6 aromatic carbocycles. The molecule has 0 aliphatic carbocycles. The molecule has 23 heteroatoms. The molecule has 3 saturated heterocycles. The van der Waals surface area contributed by atoms with Gasteiger partial charge in [-0.25, -0.2) is 14.4 Å². The second kappa shape index (κ2) is 32.8. The van der Waals surface area contributed by atoms with Gasteiger partial charge >= 0.3 is 41.8 Å². The molecule has 3 aliphatic rings. The maximum atomic E-state index is 14.9. The number of hydrogen-bond donors (Lipinski definition) is 1. The Morgan fingerprint density at radius 1 is 0.341 bits per heavy atom. The van der Waals surface area contributed by atoms with Gasteiger partial charge in [0.2, 0.25) is 0 Å². The van der Waals surface area contributed by atoms with Crippen LogP contribution in [0.3, 0.4) is 0 Å². The van der Waals surface area contributed by atoms with Gasteiger partial charge in [-0.15, -0.1) is 0 Å². The van der Waals surface area contributed by atoms with E-state index in [0.29, 0.717) is 5.56 Å². The second-order valence-electron chi connectivity index (χ2n) is 21.3. The highest BCUT2D eigenvalue weighted by atomic mass is 16.8. The Hall–Kier alpha value is -8.75. The predicted octanol–water partition coefficient (Wildman–Crippen LogP) is 6.98. The average Bonchev–Trinajstić information content (AvgIpc) is 0.797. The number of aliphatic hydroxyl groups is 1. The summed E-state index contributed by atoms with van der Waals surface area (Å²) >= 11 is 0.